The second-order valence-corrected chi connectivity index (χ2v) is 9.10. The molecule has 0 atom stereocenters. The summed E-state index contributed by atoms with van der Waals surface area (Å²) in [7, 11) is 0. The summed E-state index contributed by atoms with van der Waals surface area (Å²) < 4.78 is 0. The molecule has 0 spiro atoms. The lowest BCUT2D eigenvalue weighted by molar-refractivity contribution is 0.00312. The molecule has 0 aliphatic rings. The zero-order valence-corrected chi connectivity index (χ0v) is 18.3. The van der Waals surface area contributed by atoms with Crippen LogP contribution >= 0.6 is 0 Å². The van der Waals surface area contributed by atoms with Crippen LogP contribution < -0.4 is 0 Å². The van der Waals surface area contributed by atoms with Gasteiger partial charge in [-0.3, -0.25) is 4.90 Å². The van der Waals surface area contributed by atoms with Crippen molar-refractivity contribution in [1.29, 1.82) is 0 Å². The van der Waals surface area contributed by atoms with Gasteiger partial charge in [-0.05, 0) is 53.5 Å². The van der Waals surface area contributed by atoms with Crippen molar-refractivity contribution in [2.24, 2.45) is 0 Å². The van der Waals surface area contributed by atoms with E-state index < -0.39 is 0 Å². The molecule has 0 aromatic heterocycles. The van der Waals surface area contributed by atoms with E-state index in [2.05, 4.69) is 53.4 Å². The van der Waals surface area contributed by atoms with Crippen LogP contribution in [0.2, 0.25) is 0 Å². The van der Waals surface area contributed by atoms with Crippen LogP contribution in [0, 0.1) is 0 Å². The second-order valence-electron chi connectivity index (χ2n) is 9.10. The minimum absolute atomic E-state index is 0.329. The predicted molar refractivity (Wildman–Crippen MR) is 112 cm³/mol. The molecule has 0 aliphatic heterocycles. The average molecular weight is 340 g/mol. The van der Waals surface area contributed by atoms with E-state index in [-0.39, 0.29) is 0 Å². The highest BCUT2D eigenvalue weighted by Gasteiger charge is 2.36. The summed E-state index contributed by atoms with van der Waals surface area (Å²) in [5.74, 6) is 0. The first-order valence-electron chi connectivity index (χ1n) is 11.1. The minimum Gasteiger partial charge on any atom is -0.293 e. The molecule has 1 heteroatoms. The Morgan fingerprint density at radius 2 is 0.875 bits per heavy atom. The van der Waals surface area contributed by atoms with E-state index in [0.717, 1.165) is 0 Å². The molecule has 146 valence electrons. The van der Waals surface area contributed by atoms with Crippen LogP contribution in [0.4, 0.5) is 0 Å². The van der Waals surface area contributed by atoms with Gasteiger partial charge in [-0.15, -0.1) is 0 Å². The second kappa shape index (κ2) is 13.2. The molecule has 0 radical (unpaired) electrons. The molecular weight excluding hydrogens is 290 g/mol. The Hall–Kier alpha value is -0.0400. The molecular formula is C23H49N. The Morgan fingerprint density at radius 1 is 0.500 bits per heavy atom. The topological polar surface area (TPSA) is 3.24 Å². The van der Waals surface area contributed by atoms with Gasteiger partial charge in [-0.2, -0.15) is 0 Å². The molecule has 0 N–H and O–H groups in total. The van der Waals surface area contributed by atoms with Crippen molar-refractivity contribution in [1.82, 2.24) is 4.90 Å². The average Bonchev–Trinajstić information content (AvgIpc) is 2.51. The van der Waals surface area contributed by atoms with Gasteiger partial charge in [-0.25, -0.2) is 0 Å². The van der Waals surface area contributed by atoms with Crippen LogP contribution in [0.1, 0.15) is 132 Å². The summed E-state index contributed by atoms with van der Waals surface area (Å²) >= 11 is 0. The fraction of sp³-hybridized carbons (Fsp3) is 1.00. The number of rotatable bonds is 16. The molecule has 0 unspecified atom stereocenters. The minimum atomic E-state index is 0.329. The monoisotopic (exact) mass is 339 g/mol. The van der Waals surface area contributed by atoms with Gasteiger partial charge in [0.05, 0.1) is 0 Å². The van der Waals surface area contributed by atoms with Crippen LogP contribution in [0.5, 0.6) is 0 Å². The van der Waals surface area contributed by atoms with Gasteiger partial charge >= 0.3 is 0 Å². The molecule has 0 fully saturated rings. The largest absolute Gasteiger partial charge is 0.293 e. The summed E-state index contributed by atoms with van der Waals surface area (Å²) in [6.07, 6.45) is 17.9. The summed E-state index contributed by atoms with van der Waals surface area (Å²) in [5.41, 5.74) is 0.657. The number of nitrogens with zero attached hydrogens (tertiary/aromatic N) is 1. The van der Waals surface area contributed by atoms with E-state index in [9.17, 15) is 0 Å². The molecule has 0 heterocycles. The standard InChI is InChI=1S/C23H49N/c1-8-11-13-15-17-19-22(4,5)24(21-10-3)23(6,7)20-18-16-14-12-9-2/h8-21H2,1-7H3. The number of unbranched alkanes of at least 4 members (excludes halogenated alkanes) is 8. The molecule has 24 heavy (non-hydrogen) atoms. The van der Waals surface area contributed by atoms with Gasteiger partial charge in [0, 0.05) is 11.1 Å². The van der Waals surface area contributed by atoms with Crippen LogP contribution in [-0.2, 0) is 0 Å². The van der Waals surface area contributed by atoms with Gasteiger partial charge in [0.1, 0.15) is 0 Å². The Kier molecular flexibility index (Phi) is 13.2. The van der Waals surface area contributed by atoms with Gasteiger partial charge in [0.15, 0.2) is 0 Å². The number of hydrogen-bond donors (Lipinski definition) is 0. The zero-order valence-electron chi connectivity index (χ0n) is 18.3. The lowest BCUT2D eigenvalue weighted by Gasteiger charge is -2.49. The Bertz CT molecular complexity index is 254. The maximum absolute atomic E-state index is 2.83. The third-order valence-corrected chi connectivity index (χ3v) is 5.69. The number of hydrogen-bond acceptors (Lipinski definition) is 1. The lowest BCUT2D eigenvalue weighted by atomic mass is 9.85. The van der Waals surface area contributed by atoms with E-state index in [1.54, 1.807) is 0 Å². The molecule has 0 aromatic carbocycles. The first-order valence-corrected chi connectivity index (χ1v) is 11.1. The van der Waals surface area contributed by atoms with Gasteiger partial charge in [-0.1, -0.05) is 85.0 Å². The Morgan fingerprint density at radius 3 is 1.21 bits per heavy atom. The first-order chi connectivity index (χ1) is 11.3. The molecule has 0 saturated carbocycles. The highest BCUT2D eigenvalue weighted by atomic mass is 15.2. The van der Waals surface area contributed by atoms with E-state index in [1.165, 1.54) is 90.0 Å². The van der Waals surface area contributed by atoms with E-state index >= 15 is 0 Å². The van der Waals surface area contributed by atoms with Gasteiger partial charge in [0.25, 0.3) is 0 Å². The summed E-state index contributed by atoms with van der Waals surface area (Å²) in [6, 6.07) is 0. The van der Waals surface area contributed by atoms with E-state index in [1.807, 2.05) is 0 Å². The highest BCUT2D eigenvalue weighted by molar-refractivity contribution is 4.92. The Labute approximate surface area is 155 Å². The van der Waals surface area contributed by atoms with Crippen LogP contribution in [-0.4, -0.2) is 22.5 Å². The summed E-state index contributed by atoms with van der Waals surface area (Å²) in [4.78, 5) is 2.83. The van der Waals surface area contributed by atoms with Crippen molar-refractivity contribution in [3.8, 4) is 0 Å². The molecule has 0 bridgehead atoms. The smallest absolute Gasteiger partial charge is 0.0158 e. The van der Waals surface area contributed by atoms with Crippen molar-refractivity contribution in [3.05, 3.63) is 0 Å². The summed E-state index contributed by atoms with van der Waals surface area (Å²) in [5, 5.41) is 0. The molecule has 0 rings (SSSR count). The van der Waals surface area contributed by atoms with Crippen LogP contribution in [0.15, 0.2) is 0 Å². The third kappa shape index (κ3) is 10.1. The van der Waals surface area contributed by atoms with Crippen molar-refractivity contribution in [2.45, 2.75) is 143 Å². The fourth-order valence-electron chi connectivity index (χ4n) is 4.24. The zero-order chi connectivity index (χ0) is 18.5. The summed E-state index contributed by atoms with van der Waals surface area (Å²) in [6.45, 7) is 18.1. The lowest BCUT2D eigenvalue weighted by Crippen LogP contribution is -2.55. The van der Waals surface area contributed by atoms with Crippen LogP contribution in [0.3, 0.4) is 0 Å². The quantitative estimate of drug-likeness (QED) is 0.258. The van der Waals surface area contributed by atoms with E-state index in [0.29, 0.717) is 11.1 Å². The van der Waals surface area contributed by atoms with Crippen molar-refractivity contribution in [3.63, 3.8) is 0 Å². The maximum Gasteiger partial charge on any atom is 0.0158 e. The van der Waals surface area contributed by atoms with Gasteiger partial charge < -0.3 is 0 Å². The van der Waals surface area contributed by atoms with Crippen molar-refractivity contribution >= 4 is 0 Å². The highest BCUT2D eigenvalue weighted by Crippen LogP contribution is 2.33. The van der Waals surface area contributed by atoms with Crippen molar-refractivity contribution < 1.29 is 0 Å². The van der Waals surface area contributed by atoms with Crippen LogP contribution in [0.25, 0.3) is 0 Å². The van der Waals surface area contributed by atoms with E-state index in [4.69, 9.17) is 0 Å². The SMILES string of the molecule is CCCCCCCC(C)(C)N(CCC)C(C)(C)CCCCCCC. The van der Waals surface area contributed by atoms with Crippen molar-refractivity contribution in [2.75, 3.05) is 6.54 Å². The maximum atomic E-state index is 2.83. The van der Waals surface area contributed by atoms with Gasteiger partial charge in [0.2, 0.25) is 0 Å². The fourth-order valence-corrected chi connectivity index (χ4v) is 4.24. The first kappa shape index (κ1) is 24.0. The molecule has 0 amide bonds. The predicted octanol–water partition coefficient (Wildman–Crippen LogP) is 7.98. The Balaban J connectivity index is 4.52. The molecule has 0 aromatic rings. The molecule has 0 saturated heterocycles. The molecule has 0 aliphatic carbocycles. The third-order valence-electron chi connectivity index (χ3n) is 5.69. The molecule has 1 nitrogen and oxygen atoms in total. The normalized spacial score (nSPS) is 13.0.